The molecule has 128 valence electrons. The van der Waals surface area contributed by atoms with E-state index in [1.54, 1.807) is 7.11 Å². The maximum Gasteiger partial charge on any atom is 0.0753 e. The smallest absolute Gasteiger partial charge is 0.0753 e. The molecule has 0 aromatic rings. The van der Waals surface area contributed by atoms with E-state index in [1.807, 2.05) is 0 Å². The lowest BCUT2D eigenvalue weighted by Gasteiger charge is -2.52. The second kappa shape index (κ2) is 7.14. The van der Waals surface area contributed by atoms with Crippen molar-refractivity contribution in [1.82, 2.24) is 0 Å². The molecule has 9 unspecified atom stereocenters. The maximum atomic E-state index is 10.7. The Hall–Kier alpha value is 0.460. The fourth-order valence-corrected chi connectivity index (χ4v) is 6.21. The summed E-state index contributed by atoms with van der Waals surface area (Å²) in [6, 6.07) is 0. The van der Waals surface area contributed by atoms with E-state index < -0.39 is 6.10 Å². The normalized spacial score (nSPS) is 53.0. The van der Waals surface area contributed by atoms with Gasteiger partial charge in [0.25, 0.3) is 0 Å². The van der Waals surface area contributed by atoms with Crippen LogP contribution in [-0.2, 0) is 4.74 Å². The van der Waals surface area contributed by atoms with Crippen LogP contribution in [0.15, 0.2) is 0 Å². The number of alkyl halides is 2. The predicted octanol–water partition coefficient (Wildman–Crippen LogP) is 3.17. The number of hydrogen-bond acceptors (Lipinski definition) is 3. The van der Waals surface area contributed by atoms with E-state index in [1.165, 1.54) is 19.3 Å². The molecule has 3 rings (SSSR count). The van der Waals surface area contributed by atoms with Crippen molar-refractivity contribution >= 4 is 23.2 Å². The van der Waals surface area contributed by atoms with Crippen LogP contribution in [0.3, 0.4) is 0 Å². The number of halogens is 2. The molecule has 0 spiro atoms. The van der Waals surface area contributed by atoms with Crippen LogP contribution >= 0.6 is 23.2 Å². The molecule has 3 nitrogen and oxygen atoms in total. The topological polar surface area (TPSA) is 49.7 Å². The van der Waals surface area contributed by atoms with E-state index in [0.29, 0.717) is 18.3 Å². The summed E-state index contributed by atoms with van der Waals surface area (Å²) in [5.41, 5.74) is 0. The van der Waals surface area contributed by atoms with Gasteiger partial charge < -0.3 is 14.9 Å². The van der Waals surface area contributed by atoms with Crippen molar-refractivity contribution in [2.45, 2.75) is 74.0 Å². The van der Waals surface area contributed by atoms with Crippen molar-refractivity contribution in [3.63, 3.8) is 0 Å². The Labute approximate surface area is 143 Å². The molecular weight excluding hydrogens is 323 g/mol. The van der Waals surface area contributed by atoms with Gasteiger partial charge in [0.15, 0.2) is 0 Å². The van der Waals surface area contributed by atoms with Crippen LogP contribution in [0.25, 0.3) is 0 Å². The first kappa shape index (κ1) is 17.3. The average Bonchev–Trinajstić information content (AvgIpc) is 2.53. The van der Waals surface area contributed by atoms with Crippen molar-refractivity contribution < 1.29 is 14.9 Å². The standard InChI is InChI=1S/C17H28Cl2O3/c1-22-13-8-11(18)17(21)15(16(13)19)14-10-5-3-2-4-9(10)6-7-12(14)20/h9-17,20-21H,2-8H2,1H3. The molecule has 0 saturated heterocycles. The van der Waals surface area contributed by atoms with E-state index in [9.17, 15) is 10.2 Å². The van der Waals surface area contributed by atoms with Crippen molar-refractivity contribution in [3.8, 4) is 0 Å². The number of ether oxygens (including phenoxy) is 1. The fourth-order valence-electron chi connectivity index (χ4n) is 5.34. The summed E-state index contributed by atoms with van der Waals surface area (Å²) in [6.07, 6.45) is 6.23. The van der Waals surface area contributed by atoms with Gasteiger partial charge in [-0.25, -0.2) is 0 Å². The molecule has 0 aromatic heterocycles. The second-order valence-electron chi connectivity index (χ2n) is 7.47. The zero-order valence-electron chi connectivity index (χ0n) is 13.2. The van der Waals surface area contributed by atoms with Crippen LogP contribution in [0.1, 0.15) is 44.9 Å². The Morgan fingerprint density at radius 2 is 1.68 bits per heavy atom. The minimum absolute atomic E-state index is 0.0516. The largest absolute Gasteiger partial charge is 0.393 e. The molecule has 9 atom stereocenters. The molecule has 0 aliphatic heterocycles. The minimum atomic E-state index is -0.657. The Morgan fingerprint density at radius 3 is 2.41 bits per heavy atom. The first-order chi connectivity index (χ1) is 10.5. The highest BCUT2D eigenvalue weighted by atomic mass is 35.5. The molecule has 0 radical (unpaired) electrons. The first-order valence-corrected chi connectivity index (χ1v) is 9.59. The van der Waals surface area contributed by atoms with E-state index >= 15 is 0 Å². The van der Waals surface area contributed by atoms with Crippen LogP contribution in [-0.4, -0.2) is 46.4 Å². The number of aliphatic hydroxyl groups is 2. The average molecular weight is 351 g/mol. The molecule has 3 saturated carbocycles. The lowest BCUT2D eigenvalue weighted by atomic mass is 9.58. The summed E-state index contributed by atoms with van der Waals surface area (Å²) in [6.45, 7) is 0. The number of rotatable bonds is 2. The molecule has 3 aliphatic rings. The van der Waals surface area contributed by atoms with Gasteiger partial charge >= 0.3 is 0 Å². The monoisotopic (exact) mass is 350 g/mol. The quantitative estimate of drug-likeness (QED) is 0.752. The van der Waals surface area contributed by atoms with Crippen molar-refractivity contribution in [1.29, 1.82) is 0 Å². The molecular formula is C17H28Cl2O3. The second-order valence-corrected chi connectivity index (χ2v) is 8.53. The Kier molecular flexibility index (Phi) is 5.61. The van der Waals surface area contributed by atoms with Gasteiger partial charge in [0.2, 0.25) is 0 Å². The van der Waals surface area contributed by atoms with Gasteiger partial charge in [0.05, 0.1) is 29.1 Å². The molecule has 22 heavy (non-hydrogen) atoms. The van der Waals surface area contributed by atoms with Crippen LogP contribution in [0.5, 0.6) is 0 Å². The van der Waals surface area contributed by atoms with Crippen LogP contribution in [0.4, 0.5) is 0 Å². The lowest BCUT2D eigenvalue weighted by Crippen LogP contribution is -2.57. The van der Waals surface area contributed by atoms with Crippen LogP contribution in [0, 0.1) is 23.7 Å². The molecule has 0 heterocycles. The van der Waals surface area contributed by atoms with Gasteiger partial charge in [-0.1, -0.05) is 19.3 Å². The summed E-state index contributed by atoms with van der Waals surface area (Å²) in [5.74, 6) is 1.02. The lowest BCUT2D eigenvalue weighted by molar-refractivity contribution is -0.103. The fraction of sp³-hybridized carbons (Fsp3) is 1.00. The summed E-state index contributed by atoms with van der Waals surface area (Å²) in [7, 11) is 1.65. The Morgan fingerprint density at radius 1 is 0.955 bits per heavy atom. The third-order valence-electron chi connectivity index (χ3n) is 6.43. The highest BCUT2D eigenvalue weighted by molar-refractivity contribution is 6.23. The number of hydrogen-bond donors (Lipinski definition) is 2. The van der Waals surface area contributed by atoms with Crippen molar-refractivity contribution in [3.05, 3.63) is 0 Å². The van der Waals surface area contributed by atoms with Crippen molar-refractivity contribution in [2.75, 3.05) is 7.11 Å². The molecule has 0 amide bonds. The zero-order chi connectivity index (χ0) is 15.9. The number of fused-ring (bicyclic) bond motifs is 1. The molecule has 0 bridgehead atoms. The Balaban J connectivity index is 1.87. The molecule has 3 aliphatic carbocycles. The van der Waals surface area contributed by atoms with Crippen LogP contribution in [0.2, 0.25) is 0 Å². The SMILES string of the molecule is COC1CC(Cl)C(O)C(C2C(O)CCC3CCCCC32)C1Cl. The van der Waals surface area contributed by atoms with Gasteiger partial charge in [0.1, 0.15) is 0 Å². The third kappa shape index (κ3) is 3.04. The van der Waals surface area contributed by atoms with Gasteiger partial charge in [-0.05, 0) is 43.4 Å². The summed E-state index contributed by atoms with van der Waals surface area (Å²) >= 11 is 13.1. The van der Waals surface area contributed by atoms with E-state index in [-0.39, 0.29) is 34.8 Å². The highest BCUT2D eigenvalue weighted by Crippen LogP contribution is 2.51. The summed E-state index contributed by atoms with van der Waals surface area (Å²) in [4.78, 5) is 0. The minimum Gasteiger partial charge on any atom is -0.393 e. The molecule has 5 heteroatoms. The highest BCUT2D eigenvalue weighted by Gasteiger charge is 2.52. The van der Waals surface area contributed by atoms with E-state index in [2.05, 4.69) is 0 Å². The molecule has 3 fully saturated rings. The van der Waals surface area contributed by atoms with Crippen molar-refractivity contribution in [2.24, 2.45) is 23.7 Å². The van der Waals surface area contributed by atoms with Gasteiger partial charge in [-0.3, -0.25) is 0 Å². The number of aliphatic hydroxyl groups excluding tert-OH is 2. The maximum absolute atomic E-state index is 10.7. The van der Waals surface area contributed by atoms with Gasteiger partial charge in [0, 0.05) is 13.0 Å². The first-order valence-electron chi connectivity index (χ1n) is 8.71. The van der Waals surface area contributed by atoms with Gasteiger partial charge in [-0.15, -0.1) is 23.2 Å². The summed E-state index contributed by atoms with van der Waals surface area (Å²) in [5, 5.41) is 20.8. The van der Waals surface area contributed by atoms with Gasteiger partial charge in [-0.2, -0.15) is 0 Å². The third-order valence-corrected chi connectivity index (χ3v) is 7.44. The zero-order valence-corrected chi connectivity index (χ0v) is 14.7. The van der Waals surface area contributed by atoms with Crippen LogP contribution < -0.4 is 0 Å². The van der Waals surface area contributed by atoms with E-state index in [4.69, 9.17) is 27.9 Å². The molecule has 0 aromatic carbocycles. The Bertz CT molecular complexity index is 381. The van der Waals surface area contributed by atoms with E-state index in [0.717, 1.165) is 19.3 Å². The summed E-state index contributed by atoms with van der Waals surface area (Å²) < 4.78 is 5.51. The predicted molar refractivity (Wildman–Crippen MR) is 88.4 cm³/mol. The number of methoxy groups -OCH3 is 1. The molecule has 2 N–H and O–H groups in total.